The van der Waals surface area contributed by atoms with Gasteiger partial charge in [-0.25, -0.2) is 0 Å². The van der Waals surface area contributed by atoms with Crippen LogP contribution in [0.15, 0.2) is 30.3 Å². The molecule has 28 heavy (non-hydrogen) atoms. The van der Waals surface area contributed by atoms with E-state index in [-0.39, 0.29) is 24.3 Å². The topological polar surface area (TPSA) is 75.7 Å². The first-order chi connectivity index (χ1) is 13.5. The molecule has 2 atom stereocenters. The van der Waals surface area contributed by atoms with Gasteiger partial charge in [0.1, 0.15) is 0 Å². The maximum atomic E-state index is 12.4. The van der Waals surface area contributed by atoms with Crippen LogP contribution in [0.25, 0.3) is 0 Å². The number of nitrogens with one attached hydrogen (secondary N) is 1. The number of ether oxygens (including phenoxy) is 1. The second-order valence-electron chi connectivity index (χ2n) is 7.90. The molecule has 1 aliphatic carbocycles. The Balaban J connectivity index is 1.43. The lowest BCUT2D eigenvalue weighted by Gasteiger charge is -2.24. The van der Waals surface area contributed by atoms with Gasteiger partial charge in [0.05, 0.1) is 5.92 Å². The maximum absolute atomic E-state index is 12.4. The quantitative estimate of drug-likeness (QED) is 0.731. The summed E-state index contributed by atoms with van der Waals surface area (Å²) in [4.78, 5) is 38.7. The molecular weight excluding hydrogens is 356 g/mol. The Kier molecular flexibility index (Phi) is 7.06. The average molecular weight is 386 g/mol. The van der Waals surface area contributed by atoms with E-state index >= 15 is 0 Å². The van der Waals surface area contributed by atoms with Crippen molar-refractivity contribution < 1.29 is 19.1 Å². The highest BCUT2D eigenvalue weighted by Crippen LogP contribution is 2.21. The summed E-state index contributed by atoms with van der Waals surface area (Å²) >= 11 is 0. The molecule has 1 aromatic carbocycles. The molecule has 1 aliphatic heterocycles. The minimum Gasteiger partial charge on any atom is -0.452 e. The number of rotatable bonds is 7. The van der Waals surface area contributed by atoms with Gasteiger partial charge >= 0.3 is 5.97 Å². The fourth-order valence-electron chi connectivity index (χ4n) is 3.94. The summed E-state index contributed by atoms with van der Waals surface area (Å²) in [6, 6.07) is 10.1. The van der Waals surface area contributed by atoms with Gasteiger partial charge in [0.2, 0.25) is 5.91 Å². The largest absolute Gasteiger partial charge is 0.452 e. The third-order valence-corrected chi connectivity index (χ3v) is 5.67. The Morgan fingerprint density at radius 3 is 2.61 bits per heavy atom. The molecule has 1 heterocycles. The normalized spacial score (nSPS) is 21.4. The second-order valence-corrected chi connectivity index (χ2v) is 7.90. The van der Waals surface area contributed by atoms with E-state index in [4.69, 9.17) is 4.74 Å². The molecule has 1 aromatic rings. The molecule has 1 saturated carbocycles. The van der Waals surface area contributed by atoms with Crippen molar-refractivity contribution in [3.63, 3.8) is 0 Å². The number of likely N-dealkylation sites (tertiary alicyclic amines) is 1. The summed E-state index contributed by atoms with van der Waals surface area (Å²) in [7, 11) is 0. The first kappa shape index (κ1) is 20.4. The molecule has 0 bridgehead atoms. The first-order valence-electron chi connectivity index (χ1n) is 10.4. The first-order valence-corrected chi connectivity index (χ1v) is 10.4. The van der Waals surface area contributed by atoms with Gasteiger partial charge < -0.3 is 15.0 Å². The van der Waals surface area contributed by atoms with E-state index in [2.05, 4.69) is 5.32 Å². The molecule has 1 N–H and O–H groups in total. The van der Waals surface area contributed by atoms with Crippen LogP contribution in [0.3, 0.4) is 0 Å². The summed E-state index contributed by atoms with van der Waals surface area (Å²) in [6.07, 6.45) is 5.53. The van der Waals surface area contributed by atoms with E-state index < -0.39 is 18.0 Å². The zero-order valence-electron chi connectivity index (χ0n) is 16.6. The molecule has 6 heteroatoms. The van der Waals surface area contributed by atoms with Crippen molar-refractivity contribution in [1.29, 1.82) is 0 Å². The SMILES string of the molecule is C[C@H](OC(=O)[C@@H]1CC(=O)N(CCc2ccccc2)C1)C(=O)NC1CCCCC1. The van der Waals surface area contributed by atoms with Gasteiger partial charge in [0.15, 0.2) is 6.10 Å². The Hall–Kier alpha value is -2.37. The monoisotopic (exact) mass is 386 g/mol. The predicted octanol–water partition coefficient (Wildman–Crippen LogP) is 2.46. The molecule has 0 unspecified atom stereocenters. The summed E-state index contributed by atoms with van der Waals surface area (Å²) in [5.74, 6) is -1.22. The number of carbonyl (C=O) groups excluding carboxylic acids is 3. The van der Waals surface area contributed by atoms with Gasteiger partial charge in [-0.1, -0.05) is 49.6 Å². The lowest BCUT2D eigenvalue weighted by Crippen LogP contribution is -2.43. The minimum absolute atomic E-state index is 0.0304. The van der Waals surface area contributed by atoms with Gasteiger partial charge in [-0.15, -0.1) is 0 Å². The third kappa shape index (κ3) is 5.57. The second kappa shape index (κ2) is 9.71. The molecule has 1 saturated heterocycles. The highest BCUT2D eigenvalue weighted by Gasteiger charge is 2.36. The molecule has 0 aromatic heterocycles. The van der Waals surface area contributed by atoms with Crippen molar-refractivity contribution in [1.82, 2.24) is 10.2 Å². The molecule has 2 aliphatic rings. The molecule has 6 nitrogen and oxygen atoms in total. The van der Waals surface area contributed by atoms with Crippen molar-refractivity contribution in [2.75, 3.05) is 13.1 Å². The summed E-state index contributed by atoms with van der Waals surface area (Å²) < 4.78 is 5.37. The molecule has 3 rings (SSSR count). The molecule has 0 spiro atoms. The van der Waals surface area contributed by atoms with E-state index in [1.165, 1.54) is 6.42 Å². The van der Waals surface area contributed by atoms with E-state index in [9.17, 15) is 14.4 Å². The lowest BCUT2D eigenvalue weighted by atomic mass is 9.95. The van der Waals surface area contributed by atoms with Gasteiger partial charge in [-0.3, -0.25) is 14.4 Å². The minimum atomic E-state index is -0.831. The van der Waals surface area contributed by atoms with Crippen LogP contribution in [0.4, 0.5) is 0 Å². The van der Waals surface area contributed by atoms with Gasteiger partial charge in [0.25, 0.3) is 5.91 Å². The van der Waals surface area contributed by atoms with Crippen molar-refractivity contribution in [3.8, 4) is 0 Å². The number of carbonyl (C=O) groups is 3. The van der Waals surface area contributed by atoms with Crippen LogP contribution in [0.5, 0.6) is 0 Å². The Bertz CT molecular complexity index is 685. The fraction of sp³-hybridized carbons (Fsp3) is 0.591. The summed E-state index contributed by atoms with van der Waals surface area (Å²) in [5.41, 5.74) is 1.16. The van der Waals surface area contributed by atoms with Crippen LogP contribution >= 0.6 is 0 Å². The summed E-state index contributed by atoms with van der Waals surface area (Å²) in [5, 5.41) is 2.98. The van der Waals surface area contributed by atoms with Crippen molar-refractivity contribution in [2.45, 2.75) is 64.0 Å². The average Bonchev–Trinajstić information content (AvgIpc) is 3.08. The highest BCUT2D eigenvalue weighted by atomic mass is 16.5. The Morgan fingerprint density at radius 2 is 1.89 bits per heavy atom. The Labute approximate surface area is 166 Å². The highest BCUT2D eigenvalue weighted by molar-refractivity contribution is 5.89. The number of hydrogen-bond donors (Lipinski definition) is 1. The van der Waals surface area contributed by atoms with E-state index in [0.717, 1.165) is 37.7 Å². The van der Waals surface area contributed by atoms with Gasteiger partial charge in [0, 0.05) is 25.6 Å². The molecule has 0 radical (unpaired) electrons. The zero-order valence-corrected chi connectivity index (χ0v) is 16.6. The summed E-state index contributed by atoms with van der Waals surface area (Å²) in [6.45, 7) is 2.55. The number of benzene rings is 1. The van der Waals surface area contributed by atoms with Crippen LogP contribution in [-0.4, -0.2) is 47.9 Å². The van der Waals surface area contributed by atoms with E-state index in [1.54, 1.807) is 11.8 Å². The molecule has 2 amide bonds. The smallest absolute Gasteiger partial charge is 0.312 e. The van der Waals surface area contributed by atoms with E-state index in [0.29, 0.717) is 13.1 Å². The molecule has 2 fully saturated rings. The van der Waals surface area contributed by atoms with Crippen molar-refractivity contribution >= 4 is 17.8 Å². The van der Waals surface area contributed by atoms with Crippen molar-refractivity contribution in [3.05, 3.63) is 35.9 Å². The number of nitrogens with zero attached hydrogens (tertiary/aromatic N) is 1. The van der Waals surface area contributed by atoms with Crippen LogP contribution in [0.1, 0.15) is 51.0 Å². The maximum Gasteiger partial charge on any atom is 0.312 e. The van der Waals surface area contributed by atoms with Crippen LogP contribution < -0.4 is 5.32 Å². The van der Waals surface area contributed by atoms with Crippen LogP contribution in [0.2, 0.25) is 0 Å². The zero-order chi connectivity index (χ0) is 19.9. The van der Waals surface area contributed by atoms with Gasteiger partial charge in [-0.2, -0.15) is 0 Å². The lowest BCUT2D eigenvalue weighted by molar-refractivity contribution is -0.158. The van der Waals surface area contributed by atoms with Crippen molar-refractivity contribution in [2.24, 2.45) is 5.92 Å². The van der Waals surface area contributed by atoms with E-state index in [1.807, 2.05) is 30.3 Å². The molecular formula is C22H30N2O4. The fourth-order valence-corrected chi connectivity index (χ4v) is 3.94. The third-order valence-electron chi connectivity index (χ3n) is 5.67. The van der Waals surface area contributed by atoms with Gasteiger partial charge in [-0.05, 0) is 31.7 Å². The van der Waals surface area contributed by atoms with Crippen LogP contribution in [0, 0.1) is 5.92 Å². The number of esters is 1. The predicted molar refractivity (Wildman–Crippen MR) is 105 cm³/mol. The molecule has 152 valence electrons. The number of amides is 2. The number of hydrogen-bond acceptors (Lipinski definition) is 4. The standard InChI is InChI=1S/C22H30N2O4/c1-16(21(26)23-19-10-6-3-7-11-19)28-22(27)18-14-20(25)24(15-18)13-12-17-8-4-2-5-9-17/h2,4-5,8-9,16,18-19H,3,6-7,10-15H2,1H3,(H,23,26)/t16-,18+/m0/s1. The Morgan fingerprint density at radius 1 is 1.18 bits per heavy atom. The van der Waals surface area contributed by atoms with Crippen LogP contribution in [-0.2, 0) is 25.5 Å².